The van der Waals surface area contributed by atoms with E-state index < -0.39 is 25.0 Å². The molecule has 0 saturated heterocycles. The first-order valence-electron chi connectivity index (χ1n) is 4.49. The molecule has 1 aromatic carbocycles. The van der Waals surface area contributed by atoms with Crippen molar-refractivity contribution < 1.29 is 18.0 Å². The molecule has 1 rings (SSSR count). The highest BCUT2D eigenvalue weighted by Gasteiger charge is 2.26. The van der Waals surface area contributed by atoms with Crippen LogP contribution in [-0.4, -0.2) is 18.6 Å². The highest BCUT2D eigenvalue weighted by Crippen LogP contribution is 2.18. The van der Waals surface area contributed by atoms with Gasteiger partial charge in [-0.05, 0) is 46.9 Å². The molecule has 0 atom stereocenters. The van der Waals surface area contributed by atoms with E-state index in [1.165, 1.54) is 0 Å². The van der Waals surface area contributed by atoms with Crippen LogP contribution in [0, 0.1) is 3.57 Å². The number of rotatable bonds is 3. The Balaban J connectivity index is 2.44. The molecule has 1 aromatic rings. The zero-order chi connectivity index (χ0) is 12.2. The van der Waals surface area contributed by atoms with Gasteiger partial charge in [-0.1, -0.05) is 0 Å². The minimum Gasteiger partial charge on any atom is -0.352 e. The molecule has 2 nitrogen and oxygen atoms in total. The number of halogens is 4. The average molecular weight is 343 g/mol. The Hall–Kier alpha value is -0.790. The molecular weight excluding hydrogens is 334 g/mol. The number of amides is 1. The number of alkyl halides is 3. The minimum absolute atomic E-state index is 0.364. The summed E-state index contributed by atoms with van der Waals surface area (Å²) in [6.45, 7) is -0.395. The fourth-order valence-electron chi connectivity index (χ4n) is 1.02. The van der Waals surface area contributed by atoms with Crippen LogP contribution in [0.4, 0.5) is 13.2 Å². The summed E-state index contributed by atoms with van der Waals surface area (Å²) >= 11 is 2.08. The number of hydrogen-bond donors (Lipinski definition) is 1. The summed E-state index contributed by atoms with van der Waals surface area (Å²) < 4.78 is 36.4. The molecule has 6 heteroatoms. The van der Waals surface area contributed by atoms with Crippen LogP contribution in [0.15, 0.2) is 24.3 Å². The zero-order valence-electron chi connectivity index (χ0n) is 8.14. The van der Waals surface area contributed by atoms with Crippen LogP contribution in [0.5, 0.6) is 0 Å². The van der Waals surface area contributed by atoms with Gasteiger partial charge in [0, 0.05) is 15.7 Å². The summed E-state index contributed by atoms with van der Waals surface area (Å²) in [4.78, 5) is 11.4. The van der Waals surface area contributed by atoms with E-state index in [0.717, 1.165) is 3.57 Å². The van der Waals surface area contributed by atoms with Crippen LogP contribution >= 0.6 is 22.6 Å². The fraction of sp³-hybridized carbons (Fsp3) is 0.300. The third-order valence-corrected chi connectivity index (χ3v) is 2.52. The smallest absolute Gasteiger partial charge is 0.352 e. The Morgan fingerprint density at radius 3 is 2.31 bits per heavy atom. The van der Waals surface area contributed by atoms with Crippen molar-refractivity contribution >= 4 is 28.5 Å². The van der Waals surface area contributed by atoms with Gasteiger partial charge in [0.15, 0.2) is 0 Å². The summed E-state index contributed by atoms with van der Waals surface area (Å²) in [6.07, 6.45) is -5.25. The molecule has 1 N–H and O–H groups in total. The van der Waals surface area contributed by atoms with Crippen molar-refractivity contribution in [2.75, 3.05) is 6.54 Å². The predicted molar refractivity (Wildman–Crippen MR) is 62.2 cm³/mol. The van der Waals surface area contributed by atoms with E-state index in [4.69, 9.17) is 0 Å². The molecule has 0 aliphatic rings. The van der Waals surface area contributed by atoms with Gasteiger partial charge in [0.25, 0.3) is 5.91 Å². The number of hydrogen-bond acceptors (Lipinski definition) is 1. The normalized spacial score (nSPS) is 11.2. The van der Waals surface area contributed by atoms with Crippen molar-refractivity contribution in [1.29, 1.82) is 0 Å². The minimum atomic E-state index is -4.24. The molecule has 0 aliphatic carbocycles. The van der Waals surface area contributed by atoms with E-state index in [9.17, 15) is 18.0 Å². The molecule has 16 heavy (non-hydrogen) atoms. The van der Waals surface area contributed by atoms with Crippen molar-refractivity contribution in [3.8, 4) is 0 Å². The summed E-state index contributed by atoms with van der Waals surface area (Å²) in [5.74, 6) is -0.486. The monoisotopic (exact) mass is 343 g/mol. The topological polar surface area (TPSA) is 29.1 Å². The molecule has 0 spiro atoms. The van der Waals surface area contributed by atoms with Crippen molar-refractivity contribution in [2.24, 2.45) is 0 Å². The van der Waals surface area contributed by atoms with Gasteiger partial charge in [0.1, 0.15) is 0 Å². The second kappa shape index (κ2) is 5.51. The lowest BCUT2D eigenvalue weighted by Crippen LogP contribution is -2.27. The average Bonchev–Trinajstić information content (AvgIpc) is 2.16. The summed E-state index contributed by atoms with van der Waals surface area (Å²) in [7, 11) is 0. The molecule has 0 aromatic heterocycles. The molecule has 0 aliphatic heterocycles. The van der Waals surface area contributed by atoms with Gasteiger partial charge < -0.3 is 5.32 Å². The Labute approximate surface area is 104 Å². The Morgan fingerprint density at radius 2 is 1.81 bits per heavy atom. The maximum atomic E-state index is 11.8. The van der Waals surface area contributed by atoms with Crippen molar-refractivity contribution in [3.05, 3.63) is 33.4 Å². The number of carbonyl (C=O) groups excluding carboxylic acids is 1. The molecular formula is C10H9F3INO. The van der Waals surface area contributed by atoms with E-state index in [1.54, 1.807) is 24.3 Å². The molecule has 0 heterocycles. The van der Waals surface area contributed by atoms with Crippen LogP contribution < -0.4 is 5.32 Å². The van der Waals surface area contributed by atoms with Gasteiger partial charge in [-0.2, -0.15) is 13.2 Å². The van der Waals surface area contributed by atoms with Crippen molar-refractivity contribution in [2.45, 2.75) is 12.6 Å². The first kappa shape index (κ1) is 13.3. The largest absolute Gasteiger partial charge is 0.390 e. The first-order valence-corrected chi connectivity index (χ1v) is 5.57. The molecule has 0 saturated carbocycles. The standard InChI is InChI=1S/C10H9F3INO/c11-10(12,13)5-6-15-9(16)7-1-3-8(14)4-2-7/h1-4H,5-6H2,(H,15,16). The van der Waals surface area contributed by atoms with Crippen LogP contribution in [-0.2, 0) is 0 Å². The summed E-state index contributed by atoms with van der Waals surface area (Å²) in [5.41, 5.74) is 0.364. The molecule has 88 valence electrons. The van der Waals surface area contributed by atoms with Crippen molar-refractivity contribution in [1.82, 2.24) is 5.32 Å². The summed E-state index contributed by atoms with van der Waals surface area (Å²) in [6, 6.07) is 6.59. The fourth-order valence-corrected chi connectivity index (χ4v) is 1.38. The Bertz CT molecular complexity index is 361. The highest BCUT2D eigenvalue weighted by molar-refractivity contribution is 14.1. The van der Waals surface area contributed by atoms with E-state index in [0.29, 0.717) is 5.56 Å². The third kappa shape index (κ3) is 4.82. The first-order chi connectivity index (χ1) is 7.38. The second-order valence-electron chi connectivity index (χ2n) is 3.13. The summed E-state index contributed by atoms with van der Waals surface area (Å²) in [5, 5.41) is 2.21. The van der Waals surface area contributed by atoms with E-state index in [2.05, 4.69) is 27.9 Å². The number of benzene rings is 1. The van der Waals surface area contributed by atoms with Gasteiger partial charge in [0.2, 0.25) is 0 Å². The third-order valence-electron chi connectivity index (χ3n) is 1.80. The van der Waals surface area contributed by atoms with E-state index in [1.807, 2.05) is 0 Å². The van der Waals surface area contributed by atoms with Crippen LogP contribution in [0.2, 0.25) is 0 Å². The van der Waals surface area contributed by atoms with Crippen LogP contribution in [0.3, 0.4) is 0 Å². The van der Waals surface area contributed by atoms with Crippen molar-refractivity contribution in [3.63, 3.8) is 0 Å². The van der Waals surface area contributed by atoms with Gasteiger partial charge in [-0.15, -0.1) is 0 Å². The second-order valence-corrected chi connectivity index (χ2v) is 4.37. The molecule has 0 fully saturated rings. The Kier molecular flexibility index (Phi) is 4.57. The van der Waals surface area contributed by atoms with E-state index in [-0.39, 0.29) is 0 Å². The lowest BCUT2D eigenvalue weighted by molar-refractivity contribution is -0.132. The number of nitrogens with one attached hydrogen (secondary N) is 1. The SMILES string of the molecule is O=C(NCCC(F)(F)F)c1ccc(I)cc1. The zero-order valence-corrected chi connectivity index (χ0v) is 10.3. The quantitative estimate of drug-likeness (QED) is 0.840. The van der Waals surface area contributed by atoms with Gasteiger partial charge in [0.05, 0.1) is 6.42 Å². The lowest BCUT2D eigenvalue weighted by Gasteiger charge is -2.07. The Morgan fingerprint density at radius 1 is 1.25 bits per heavy atom. The van der Waals surface area contributed by atoms with E-state index >= 15 is 0 Å². The van der Waals surface area contributed by atoms with Gasteiger partial charge in [-0.25, -0.2) is 0 Å². The van der Waals surface area contributed by atoms with Crippen LogP contribution in [0.25, 0.3) is 0 Å². The van der Waals surface area contributed by atoms with Gasteiger partial charge in [-0.3, -0.25) is 4.79 Å². The molecule has 0 radical (unpaired) electrons. The molecule has 0 unspecified atom stereocenters. The molecule has 0 bridgehead atoms. The maximum Gasteiger partial charge on any atom is 0.390 e. The maximum absolute atomic E-state index is 11.8. The molecule has 1 amide bonds. The highest BCUT2D eigenvalue weighted by atomic mass is 127. The number of carbonyl (C=O) groups is 1. The predicted octanol–water partition coefficient (Wildman–Crippen LogP) is 2.97. The van der Waals surface area contributed by atoms with Crippen LogP contribution in [0.1, 0.15) is 16.8 Å². The van der Waals surface area contributed by atoms with Gasteiger partial charge >= 0.3 is 6.18 Å². The lowest BCUT2D eigenvalue weighted by atomic mass is 10.2.